The Bertz CT molecular complexity index is 998. The van der Waals surface area contributed by atoms with Crippen molar-refractivity contribution in [2.24, 2.45) is 0 Å². The van der Waals surface area contributed by atoms with Crippen LogP contribution in [0.4, 0.5) is 22.2 Å². The summed E-state index contributed by atoms with van der Waals surface area (Å²) in [6.45, 7) is 6.63. The molecule has 3 aromatic rings. The quantitative estimate of drug-likeness (QED) is 0.621. The number of urea groups is 1. The van der Waals surface area contributed by atoms with Crippen LogP contribution in [0.3, 0.4) is 0 Å². The van der Waals surface area contributed by atoms with Gasteiger partial charge in [0, 0.05) is 36.6 Å². The molecule has 0 atom stereocenters. The van der Waals surface area contributed by atoms with Gasteiger partial charge in [0.15, 0.2) is 5.76 Å². The Morgan fingerprint density at radius 1 is 1.24 bits per heavy atom. The Hall–Kier alpha value is -3.32. The van der Waals surface area contributed by atoms with Crippen LogP contribution in [0.15, 0.2) is 53.1 Å². The lowest BCUT2D eigenvalue weighted by Gasteiger charge is -2.14. The van der Waals surface area contributed by atoms with Gasteiger partial charge in [-0.05, 0) is 61.4 Å². The molecule has 0 spiro atoms. The molecular weight excluding hydrogens is 368 g/mol. The molecule has 0 aliphatic carbocycles. The largest absolute Gasteiger partial charge is 0.423 e. The molecule has 0 radical (unpaired) electrons. The summed E-state index contributed by atoms with van der Waals surface area (Å²) in [5.41, 5.74) is 4.91. The van der Waals surface area contributed by atoms with Gasteiger partial charge in [-0.3, -0.25) is 4.90 Å². The smallest absolute Gasteiger partial charge is 0.321 e. The van der Waals surface area contributed by atoms with E-state index in [2.05, 4.69) is 21.7 Å². The van der Waals surface area contributed by atoms with E-state index in [0.29, 0.717) is 38.1 Å². The van der Waals surface area contributed by atoms with Crippen molar-refractivity contribution in [3.63, 3.8) is 0 Å². The van der Waals surface area contributed by atoms with Crippen LogP contribution in [0.25, 0.3) is 11.3 Å². The van der Waals surface area contributed by atoms with Gasteiger partial charge in [-0.2, -0.15) is 0 Å². The molecule has 1 aromatic heterocycles. The normalized spacial score (nSPS) is 13.6. The van der Waals surface area contributed by atoms with E-state index < -0.39 is 0 Å². The first kappa shape index (κ1) is 19.0. The minimum atomic E-state index is -0.0641. The van der Waals surface area contributed by atoms with E-state index in [4.69, 9.17) is 9.15 Å². The summed E-state index contributed by atoms with van der Waals surface area (Å²) in [5, 5.41) is 6.02. The summed E-state index contributed by atoms with van der Waals surface area (Å²) in [4.78, 5) is 17.8. The van der Waals surface area contributed by atoms with Gasteiger partial charge in [-0.1, -0.05) is 6.07 Å². The highest BCUT2D eigenvalue weighted by molar-refractivity contribution is 5.94. The average Bonchev–Trinajstić information content (AvgIpc) is 3.35. The number of rotatable bonds is 7. The number of aryl methyl sites for hydroxylation is 1. The van der Waals surface area contributed by atoms with Gasteiger partial charge in [0.05, 0.1) is 12.8 Å². The number of carbonyl (C=O) groups excluding carboxylic acids is 1. The van der Waals surface area contributed by atoms with Crippen LogP contribution in [0.5, 0.6) is 0 Å². The number of nitrogens with one attached hydrogen (secondary N) is 2. The lowest BCUT2D eigenvalue weighted by Crippen LogP contribution is -2.27. The van der Waals surface area contributed by atoms with Crippen LogP contribution in [0, 0.1) is 6.92 Å². The van der Waals surface area contributed by atoms with E-state index in [9.17, 15) is 4.79 Å². The van der Waals surface area contributed by atoms with Crippen LogP contribution in [-0.2, 0) is 11.3 Å². The lowest BCUT2D eigenvalue weighted by atomic mass is 10.1. The van der Waals surface area contributed by atoms with Crippen molar-refractivity contribution in [2.75, 3.05) is 29.9 Å². The zero-order valence-electron chi connectivity index (χ0n) is 16.6. The van der Waals surface area contributed by atoms with E-state index in [1.807, 2.05) is 50.2 Å². The average molecular weight is 392 g/mol. The first-order valence-electron chi connectivity index (χ1n) is 9.69. The maximum Gasteiger partial charge on any atom is 0.321 e. The molecule has 1 aliphatic heterocycles. The highest BCUT2D eigenvalue weighted by atomic mass is 16.5. The fourth-order valence-corrected chi connectivity index (χ4v) is 3.35. The third-order valence-corrected chi connectivity index (χ3v) is 4.69. The van der Waals surface area contributed by atoms with Crippen LogP contribution in [0.1, 0.15) is 18.1 Å². The Morgan fingerprint density at radius 2 is 2.07 bits per heavy atom. The summed E-state index contributed by atoms with van der Waals surface area (Å²) in [7, 11) is 0. The SMILES string of the molecule is CCOCc1cc(C)cc(Nc2ncc(-c3ccc(N4CCNC4=O)cc3)o2)c1. The number of amides is 2. The molecule has 7 nitrogen and oxygen atoms in total. The zero-order chi connectivity index (χ0) is 20.2. The number of hydrogen-bond acceptors (Lipinski definition) is 5. The molecule has 1 saturated heterocycles. The molecule has 4 rings (SSSR count). The zero-order valence-corrected chi connectivity index (χ0v) is 16.6. The second kappa shape index (κ2) is 8.36. The molecule has 2 amide bonds. The van der Waals surface area contributed by atoms with Gasteiger partial charge < -0.3 is 19.8 Å². The number of anilines is 3. The maximum absolute atomic E-state index is 11.8. The topological polar surface area (TPSA) is 79.6 Å². The molecule has 2 aromatic carbocycles. The molecule has 29 heavy (non-hydrogen) atoms. The molecule has 150 valence electrons. The third-order valence-electron chi connectivity index (χ3n) is 4.69. The minimum absolute atomic E-state index is 0.0641. The number of hydrogen-bond donors (Lipinski definition) is 2. The Kier molecular flexibility index (Phi) is 5.48. The van der Waals surface area contributed by atoms with E-state index in [1.165, 1.54) is 0 Å². The molecule has 1 aliphatic rings. The Labute approximate surface area is 169 Å². The van der Waals surface area contributed by atoms with E-state index in [0.717, 1.165) is 28.1 Å². The summed E-state index contributed by atoms with van der Waals surface area (Å²) < 4.78 is 11.4. The lowest BCUT2D eigenvalue weighted by molar-refractivity contribution is 0.134. The van der Waals surface area contributed by atoms with Gasteiger partial charge in [0.25, 0.3) is 6.01 Å². The van der Waals surface area contributed by atoms with E-state index >= 15 is 0 Å². The van der Waals surface area contributed by atoms with Gasteiger partial charge >= 0.3 is 6.03 Å². The Morgan fingerprint density at radius 3 is 2.79 bits per heavy atom. The number of aromatic nitrogens is 1. The van der Waals surface area contributed by atoms with Crippen LogP contribution in [0.2, 0.25) is 0 Å². The monoisotopic (exact) mass is 392 g/mol. The molecule has 7 heteroatoms. The van der Waals surface area contributed by atoms with Crippen molar-refractivity contribution >= 4 is 23.4 Å². The van der Waals surface area contributed by atoms with Gasteiger partial charge in [0.1, 0.15) is 0 Å². The molecule has 2 heterocycles. The number of oxazole rings is 1. The van der Waals surface area contributed by atoms with Crippen LogP contribution in [-0.4, -0.2) is 30.7 Å². The summed E-state index contributed by atoms with van der Waals surface area (Å²) in [5.74, 6) is 0.659. The second-order valence-electron chi connectivity index (χ2n) is 6.93. The van der Waals surface area contributed by atoms with Crippen LogP contribution >= 0.6 is 0 Å². The van der Waals surface area contributed by atoms with Crippen molar-refractivity contribution in [2.45, 2.75) is 20.5 Å². The van der Waals surface area contributed by atoms with Crippen molar-refractivity contribution in [1.29, 1.82) is 0 Å². The number of nitrogens with zero attached hydrogens (tertiary/aromatic N) is 2. The van der Waals surface area contributed by atoms with Crippen molar-refractivity contribution < 1.29 is 13.9 Å². The number of ether oxygens (including phenoxy) is 1. The predicted molar refractivity (Wildman–Crippen MR) is 112 cm³/mol. The van der Waals surface area contributed by atoms with Gasteiger partial charge in [-0.15, -0.1) is 0 Å². The molecule has 1 fully saturated rings. The van der Waals surface area contributed by atoms with Gasteiger partial charge in [0.2, 0.25) is 0 Å². The maximum atomic E-state index is 11.8. The molecule has 0 saturated carbocycles. The first-order valence-corrected chi connectivity index (χ1v) is 9.69. The first-order chi connectivity index (χ1) is 14.1. The molecule has 0 unspecified atom stereocenters. The summed E-state index contributed by atoms with van der Waals surface area (Å²) in [6, 6.07) is 14.2. The van der Waals surface area contributed by atoms with E-state index in [1.54, 1.807) is 11.1 Å². The van der Waals surface area contributed by atoms with Crippen molar-refractivity contribution in [3.8, 4) is 11.3 Å². The van der Waals surface area contributed by atoms with Crippen molar-refractivity contribution in [3.05, 3.63) is 59.8 Å². The standard InChI is InChI=1S/C22H24N4O3/c1-3-28-14-16-10-15(2)11-18(12-16)25-21-24-13-20(29-21)17-4-6-19(7-5-17)26-9-8-23-22(26)27/h4-7,10-13H,3,8-9,14H2,1-2H3,(H,23,27)(H,24,25). The highest BCUT2D eigenvalue weighted by Crippen LogP contribution is 2.27. The second-order valence-corrected chi connectivity index (χ2v) is 6.93. The van der Waals surface area contributed by atoms with Gasteiger partial charge in [-0.25, -0.2) is 9.78 Å². The van der Waals surface area contributed by atoms with E-state index in [-0.39, 0.29) is 6.03 Å². The van der Waals surface area contributed by atoms with Crippen molar-refractivity contribution in [1.82, 2.24) is 10.3 Å². The molecule has 0 bridgehead atoms. The predicted octanol–water partition coefficient (Wildman–Crippen LogP) is 4.46. The number of benzene rings is 2. The highest BCUT2D eigenvalue weighted by Gasteiger charge is 2.21. The Balaban J connectivity index is 1.47. The molecule has 2 N–H and O–H groups in total. The molecular formula is C22H24N4O3. The summed E-state index contributed by atoms with van der Waals surface area (Å²) in [6.07, 6.45) is 1.69. The minimum Gasteiger partial charge on any atom is -0.423 e. The fourth-order valence-electron chi connectivity index (χ4n) is 3.35. The fraction of sp³-hybridized carbons (Fsp3) is 0.273. The third kappa shape index (κ3) is 4.41. The number of carbonyl (C=O) groups is 1. The summed E-state index contributed by atoms with van der Waals surface area (Å²) >= 11 is 0. The van der Waals surface area contributed by atoms with Crippen LogP contribution < -0.4 is 15.5 Å².